The molecular weight excluding hydrogens is 240 g/mol. The van der Waals surface area contributed by atoms with Crippen molar-refractivity contribution in [3.05, 3.63) is 60.8 Å². The highest BCUT2D eigenvalue weighted by atomic mass is 16.1. The van der Waals surface area contributed by atoms with Crippen molar-refractivity contribution in [1.82, 2.24) is 15.5 Å². The van der Waals surface area contributed by atoms with Gasteiger partial charge in [0, 0.05) is 12.2 Å². The fourth-order valence-electron chi connectivity index (χ4n) is 1.44. The van der Waals surface area contributed by atoms with Gasteiger partial charge in [-0.25, -0.2) is 0 Å². The van der Waals surface area contributed by atoms with Gasteiger partial charge in [0.25, 0.3) is 5.91 Å². The van der Waals surface area contributed by atoms with E-state index in [-0.39, 0.29) is 11.6 Å². The molecule has 1 aromatic heterocycles. The molecule has 0 aliphatic heterocycles. The van der Waals surface area contributed by atoms with Crippen LogP contribution >= 0.6 is 0 Å². The Morgan fingerprint density at radius 1 is 1.16 bits per heavy atom. The van der Waals surface area contributed by atoms with E-state index in [4.69, 9.17) is 0 Å². The maximum atomic E-state index is 11.6. The van der Waals surface area contributed by atoms with Gasteiger partial charge in [-0.15, -0.1) is 16.8 Å². The monoisotopic (exact) mass is 254 g/mol. The highest BCUT2D eigenvalue weighted by Gasteiger charge is 2.06. The molecule has 2 aromatic rings. The first-order valence-corrected chi connectivity index (χ1v) is 5.84. The number of hydrogen-bond donors (Lipinski definition) is 2. The number of amides is 1. The minimum Gasteiger partial charge on any atom is -0.347 e. The first-order chi connectivity index (χ1) is 9.29. The second-order valence-corrected chi connectivity index (χ2v) is 3.79. The van der Waals surface area contributed by atoms with E-state index < -0.39 is 0 Å². The number of hydrogen-bond acceptors (Lipinski definition) is 4. The summed E-state index contributed by atoms with van der Waals surface area (Å²) in [5.41, 5.74) is 1.20. The summed E-state index contributed by atoms with van der Waals surface area (Å²) >= 11 is 0. The Bertz CT molecular complexity index is 551. The van der Waals surface area contributed by atoms with Crippen LogP contribution in [0.4, 0.5) is 11.5 Å². The van der Waals surface area contributed by atoms with E-state index in [2.05, 4.69) is 27.4 Å². The predicted molar refractivity (Wildman–Crippen MR) is 74.3 cm³/mol. The molecular formula is C14H14N4O. The molecule has 0 saturated heterocycles. The molecule has 0 spiro atoms. The normalized spacial score (nSPS) is 9.68. The average molecular weight is 254 g/mol. The zero-order chi connectivity index (χ0) is 13.5. The Labute approximate surface area is 111 Å². The highest BCUT2D eigenvalue weighted by molar-refractivity contribution is 5.92. The topological polar surface area (TPSA) is 66.9 Å². The maximum Gasteiger partial charge on any atom is 0.272 e. The van der Waals surface area contributed by atoms with Crippen LogP contribution in [-0.4, -0.2) is 22.6 Å². The average Bonchev–Trinajstić information content (AvgIpc) is 2.46. The van der Waals surface area contributed by atoms with E-state index in [1.807, 2.05) is 30.3 Å². The second kappa shape index (κ2) is 6.30. The van der Waals surface area contributed by atoms with E-state index in [1.54, 1.807) is 18.2 Å². The molecule has 0 fully saturated rings. The number of para-hydroxylation sites is 1. The summed E-state index contributed by atoms with van der Waals surface area (Å²) in [4.78, 5) is 11.6. The van der Waals surface area contributed by atoms with Gasteiger partial charge in [0.1, 0.15) is 0 Å². The van der Waals surface area contributed by atoms with Crippen LogP contribution in [0.3, 0.4) is 0 Å². The number of carbonyl (C=O) groups is 1. The van der Waals surface area contributed by atoms with Crippen LogP contribution in [0, 0.1) is 0 Å². The smallest absolute Gasteiger partial charge is 0.272 e. The molecule has 0 radical (unpaired) electrons. The van der Waals surface area contributed by atoms with Crippen LogP contribution in [0.25, 0.3) is 0 Å². The first kappa shape index (κ1) is 12.8. The highest BCUT2D eigenvalue weighted by Crippen LogP contribution is 2.12. The largest absolute Gasteiger partial charge is 0.347 e. The van der Waals surface area contributed by atoms with Crippen LogP contribution in [0.5, 0.6) is 0 Å². The number of nitrogens with zero attached hydrogens (tertiary/aromatic N) is 2. The van der Waals surface area contributed by atoms with Gasteiger partial charge in [-0.2, -0.15) is 0 Å². The summed E-state index contributed by atoms with van der Waals surface area (Å²) in [6.45, 7) is 3.93. The Balaban J connectivity index is 2.02. The summed E-state index contributed by atoms with van der Waals surface area (Å²) in [6, 6.07) is 13.0. The fourth-order valence-corrected chi connectivity index (χ4v) is 1.44. The number of carbonyl (C=O) groups excluding carboxylic acids is 1. The SMILES string of the molecule is C=CCNC(=O)c1ccc(Nc2ccccc2)nn1. The van der Waals surface area contributed by atoms with Crippen LogP contribution < -0.4 is 10.6 Å². The van der Waals surface area contributed by atoms with Crippen molar-refractivity contribution in [2.45, 2.75) is 0 Å². The number of aromatic nitrogens is 2. The van der Waals surface area contributed by atoms with Gasteiger partial charge in [-0.1, -0.05) is 24.3 Å². The van der Waals surface area contributed by atoms with Crippen LogP contribution in [0.15, 0.2) is 55.1 Å². The summed E-state index contributed by atoms with van der Waals surface area (Å²) < 4.78 is 0. The van der Waals surface area contributed by atoms with E-state index in [1.165, 1.54) is 0 Å². The molecule has 1 heterocycles. The lowest BCUT2D eigenvalue weighted by Crippen LogP contribution is -2.24. The third-order valence-electron chi connectivity index (χ3n) is 2.35. The second-order valence-electron chi connectivity index (χ2n) is 3.79. The van der Waals surface area contributed by atoms with E-state index in [9.17, 15) is 4.79 Å². The Morgan fingerprint density at radius 2 is 1.95 bits per heavy atom. The molecule has 2 rings (SSSR count). The number of benzene rings is 1. The zero-order valence-corrected chi connectivity index (χ0v) is 10.3. The molecule has 5 heteroatoms. The lowest BCUT2D eigenvalue weighted by molar-refractivity contribution is 0.0952. The minimum atomic E-state index is -0.265. The molecule has 1 aromatic carbocycles. The molecule has 96 valence electrons. The van der Waals surface area contributed by atoms with Gasteiger partial charge in [0.05, 0.1) is 0 Å². The molecule has 2 N–H and O–H groups in total. The van der Waals surface area contributed by atoms with E-state index in [0.29, 0.717) is 12.4 Å². The van der Waals surface area contributed by atoms with Crippen molar-refractivity contribution < 1.29 is 4.79 Å². The number of nitrogens with one attached hydrogen (secondary N) is 2. The maximum absolute atomic E-state index is 11.6. The molecule has 0 unspecified atom stereocenters. The molecule has 5 nitrogen and oxygen atoms in total. The van der Waals surface area contributed by atoms with Crippen LogP contribution in [0.2, 0.25) is 0 Å². The Morgan fingerprint density at radius 3 is 2.58 bits per heavy atom. The lowest BCUT2D eigenvalue weighted by Gasteiger charge is -2.05. The van der Waals surface area contributed by atoms with E-state index >= 15 is 0 Å². The molecule has 0 saturated carbocycles. The van der Waals surface area contributed by atoms with Gasteiger partial charge in [0.2, 0.25) is 0 Å². The van der Waals surface area contributed by atoms with Crippen molar-refractivity contribution in [3.63, 3.8) is 0 Å². The van der Waals surface area contributed by atoms with Gasteiger partial charge in [-0.3, -0.25) is 4.79 Å². The van der Waals surface area contributed by atoms with Crippen LogP contribution in [0.1, 0.15) is 10.5 Å². The fraction of sp³-hybridized carbons (Fsp3) is 0.0714. The van der Waals surface area contributed by atoms with Crippen LogP contribution in [-0.2, 0) is 0 Å². The van der Waals surface area contributed by atoms with Crippen molar-refractivity contribution in [1.29, 1.82) is 0 Å². The zero-order valence-electron chi connectivity index (χ0n) is 10.3. The third kappa shape index (κ3) is 3.64. The first-order valence-electron chi connectivity index (χ1n) is 5.84. The van der Waals surface area contributed by atoms with Gasteiger partial charge in [0.15, 0.2) is 11.5 Å². The molecule has 0 atom stereocenters. The molecule has 0 aliphatic carbocycles. The standard InChI is InChI=1S/C14H14N4O/c1-2-10-15-14(19)12-8-9-13(18-17-12)16-11-6-4-3-5-7-11/h2-9H,1,10H2,(H,15,19)(H,16,18). The predicted octanol–water partition coefficient (Wildman–Crippen LogP) is 2.14. The minimum absolute atomic E-state index is 0.265. The van der Waals surface area contributed by atoms with Crippen molar-refractivity contribution >= 4 is 17.4 Å². The van der Waals surface area contributed by atoms with E-state index in [0.717, 1.165) is 5.69 Å². The quantitative estimate of drug-likeness (QED) is 0.802. The summed E-state index contributed by atoms with van der Waals surface area (Å²) in [7, 11) is 0. The van der Waals surface area contributed by atoms with Gasteiger partial charge in [-0.05, 0) is 24.3 Å². The van der Waals surface area contributed by atoms with Gasteiger partial charge < -0.3 is 10.6 Å². The number of rotatable bonds is 5. The lowest BCUT2D eigenvalue weighted by atomic mass is 10.3. The molecule has 19 heavy (non-hydrogen) atoms. The third-order valence-corrected chi connectivity index (χ3v) is 2.35. The Hall–Kier alpha value is -2.69. The van der Waals surface area contributed by atoms with Gasteiger partial charge >= 0.3 is 0 Å². The summed E-state index contributed by atoms with van der Waals surface area (Å²) in [6.07, 6.45) is 1.61. The summed E-state index contributed by atoms with van der Waals surface area (Å²) in [5.74, 6) is 0.324. The Kier molecular flexibility index (Phi) is 4.23. The molecule has 1 amide bonds. The molecule has 0 bridgehead atoms. The van der Waals surface area contributed by atoms with Crippen molar-refractivity contribution in [2.75, 3.05) is 11.9 Å². The van der Waals surface area contributed by atoms with Crippen molar-refractivity contribution in [3.8, 4) is 0 Å². The summed E-state index contributed by atoms with van der Waals surface area (Å²) in [5, 5.41) is 13.6. The molecule has 0 aliphatic rings. The van der Waals surface area contributed by atoms with Crippen molar-refractivity contribution in [2.24, 2.45) is 0 Å². The number of anilines is 2.